The molecule has 3 saturated carbocycles. The van der Waals surface area contributed by atoms with Crippen molar-refractivity contribution in [2.45, 2.75) is 104 Å². The van der Waals surface area contributed by atoms with Crippen LogP contribution in [0.2, 0.25) is 0 Å². The second-order valence-corrected chi connectivity index (χ2v) is 12.3. The molecular formula is C27H42O4. The van der Waals surface area contributed by atoms with Crippen LogP contribution in [0, 0.1) is 39.9 Å². The Labute approximate surface area is 188 Å². The van der Waals surface area contributed by atoms with Crippen molar-refractivity contribution >= 4 is 11.9 Å². The lowest BCUT2D eigenvalue weighted by Crippen LogP contribution is -2.60. The molecule has 8 atom stereocenters. The number of rotatable bonds is 5. The van der Waals surface area contributed by atoms with Gasteiger partial charge in [0.1, 0.15) is 5.60 Å². The normalized spacial score (nSPS) is 49.3. The third-order valence-corrected chi connectivity index (χ3v) is 11.1. The van der Waals surface area contributed by atoms with Crippen LogP contribution in [-0.2, 0) is 14.3 Å². The van der Waals surface area contributed by atoms with Crippen LogP contribution in [-0.4, -0.2) is 22.6 Å². The van der Waals surface area contributed by atoms with E-state index < -0.39 is 5.97 Å². The molecule has 1 N–H and O–H groups in total. The molecule has 1 aliphatic heterocycles. The number of carbonyl (C=O) groups excluding carboxylic acids is 1. The molecule has 1 saturated heterocycles. The molecule has 0 aromatic heterocycles. The predicted molar refractivity (Wildman–Crippen MR) is 121 cm³/mol. The van der Waals surface area contributed by atoms with Crippen LogP contribution < -0.4 is 0 Å². The highest BCUT2D eigenvalue weighted by molar-refractivity contribution is 5.72. The number of ether oxygens (including phenoxy) is 1. The monoisotopic (exact) mass is 430 g/mol. The molecule has 31 heavy (non-hydrogen) atoms. The second-order valence-electron chi connectivity index (χ2n) is 12.3. The van der Waals surface area contributed by atoms with Gasteiger partial charge in [0.15, 0.2) is 0 Å². The van der Waals surface area contributed by atoms with Gasteiger partial charge in [-0.1, -0.05) is 32.9 Å². The second kappa shape index (κ2) is 7.35. The highest BCUT2D eigenvalue weighted by Crippen LogP contribution is 2.74. The Morgan fingerprint density at radius 3 is 2.29 bits per heavy atom. The van der Waals surface area contributed by atoms with Crippen LogP contribution in [0.3, 0.4) is 0 Å². The highest BCUT2D eigenvalue weighted by Gasteiger charge is 2.68. The van der Waals surface area contributed by atoms with E-state index in [1.165, 1.54) is 24.8 Å². The molecule has 0 radical (unpaired) electrons. The summed E-state index contributed by atoms with van der Waals surface area (Å²) in [5, 5.41) is 9.49. The Morgan fingerprint density at radius 2 is 1.71 bits per heavy atom. The fourth-order valence-electron chi connectivity index (χ4n) is 9.35. The molecule has 4 heteroatoms. The van der Waals surface area contributed by atoms with Gasteiger partial charge in [0.05, 0.1) is 0 Å². The predicted octanol–water partition coefficient (Wildman–Crippen LogP) is 6.39. The van der Waals surface area contributed by atoms with Gasteiger partial charge in [-0.05, 0) is 99.2 Å². The Balaban J connectivity index is 1.68. The van der Waals surface area contributed by atoms with E-state index >= 15 is 0 Å². The van der Waals surface area contributed by atoms with E-state index in [1.54, 1.807) is 0 Å². The fourth-order valence-corrected chi connectivity index (χ4v) is 9.35. The van der Waals surface area contributed by atoms with Gasteiger partial charge in [-0.3, -0.25) is 9.59 Å². The van der Waals surface area contributed by atoms with Gasteiger partial charge in [-0.2, -0.15) is 0 Å². The van der Waals surface area contributed by atoms with Gasteiger partial charge in [-0.15, -0.1) is 0 Å². The number of hydrogen-bond donors (Lipinski definition) is 1. The largest absolute Gasteiger partial charge is 0.481 e. The van der Waals surface area contributed by atoms with Crippen molar-refractivity contribution in [2.24, 2.45) is 39.9 Å². The molecule has 4 nitrogen and oxygen atoms in total. The average molecular weight is 431 g/mol. The third-order valence-electron chi connectivity index (χ3n) is 11.1. The lowest BCUT2D eigenvalue weighted by Gasteiger charge is -2.66. The molecule has 4 rings (SSSR count). The first-order chi connectivity index (χ1) is 14.4. The first-order valence-electron chi connectivity index (χ1n) is 12.5. The smallest absolute Gasteiger partial charge is 0.306 e. The Morgan fingerprint density at radius 1 is 1.03 bits per heavy atom. The lowest BCUT2D eigenvalue weighted by atomic mass is 9.38. The summed E-state index contributed by atoms with van der Waals surface area (Å²) in [6.45, 7) is 16.0. The molecule has 0 aromatic carbocycles. The minimum absolute atomic E-state index is 0.0208. The number of carbonyl (C=O) groups is 2. The Kier molecular flexibility index (Phi) is 5.42. The topological polar surface area (TPSA) is 63.6 Å². The first-order valence-corrected chi connectivity index (χ1v) is 12.5. The standard InChI is InChI=1S/C27H42O4/c1-17(2)18-9-15-26(5)21(24(18,3)13-11-22(28)29)8-7-19-20(10-14-25(19,26)4)27(6)16-12-23(30)31-27/h18-21H,1,7-16H2,2-6H3,(H,28,29)/t18-,19+,20-,21-,24-,25-,26-,27-/m0/s1. The van der Waals surface area contributed by atoms with Crippen LogP contribution in [0.15, 0.2) is 12.2 Å². The summed E-state index contributed by atoms with van der Waals surface area (Å²) in [5.74, 6) is 1.22. The van der Waals surface area contributed by atoms with Gasteiger partial charge in [0.25, 0.3) is 0 Å². The number of allylic oxidation sites excluding steroid dienone is 1. The maximum Gasteiger partial charge on any atom is 0.306 e. The maximum absolute atomic E-state index is 12.0. The van der Waals surface area contributed by atoms with Crippen LogP contribution in [0.5, 0.6) is 0 Å². The van der Waals surface area contributed by atoms with Gasteiger partial charge in [-0.25, -0.2) is 0 Å². The number of fused-ring (bicyclic) bond motifs is 3. The molecule has 4 fully saturated rings. The van der Waals surface area contributed by atoms with E-state index in [0.717, 1.165) is 32.1 Å². The van der Waals surface area contributed by atoms with Crippen molar-refractivity contribution in [3.05, 3.63) is 12.2 Å². The van der Waals surface area contributed by atoms with Crippen molar-refractivity contribution in [2.75, 3.05) is 0 Å². The van der Waals surface area contributed by atoms with Crippen molar-refractivity contribution in [1.82, 2.24) is 0 Å². The molecule has 3 aliphatic carbocycles. The molecule has 174 valence electrons. The summed E-state index contributed by atoms with van der Waals surface area (Å²) in [4.78, 5) is 23.5. The van der Waals surface area contributed by atoms with Crippen LogP contribution in [0.4, 0.5) is 0 Å². The zero-order valence-electron chi connectivity index (χ0n) is 20.3. The Hall–Kier alpha value is -1.32. The number of aliphatic carboxylic acids is 1. The van der Waals surface area contributed by atoms with Crippen molar-refractivity contribution < 1.29 is 19.4 Å². The highest BCUT2D eigenvalue weighted by atomic mass is 16.6. The minimum Gasteiger partial charge on any atom is -0.481 e. The third kappa shape index (κ3) is 3.22. The number of cyclic esters (lactones) is 1. The molecule has 4 aliphatic rings. The number of carboxylic acid groups (broad SMARTS) is 1. The first kappa shape index (κ1) is 22.9. The maximum atomic E-state index is 12.0. The average Bonchev–Trinajstić information content (AvgIpc) is 3.21. The summed E-state index contributed by atoms with van der Waals surface area (Å²) in [6, 6.07) is 0. The Bertz CT molecular complexity index is 788. The minimum atomic E-state index is -0.689. The summed E-state index contributed by atoms with van der Waals surface area (Å²) < 4.78 is 5.93. The van der Waals surface area contributed by atoms with E-state index in [0.29, 0.717) is 30.1 Å². The molecule has 1 heterocycles. The molecule has 0 spiro atoms. The van der Waals surface area contributed by atoms with Crippen LogP contribution in [0.25, 0.3) is 0 Å². The van der Waals surface area contributed by atoms with Crippen LogP contribution >= 0.6 is 0 Å². The zero-order chi connectivity index (χ0) is 22.8. The van der Waals surface area contributed by atoms with Crippen molar-refractivity contribution in [3.63, 3.8) is 0 Å². The van der Waals surface area contributed by atoms with E-state index in [2.05, 4.69) is 41.2 Å². The number of esters is 1. The summed E-state index contributed by atoms with van der Waals surface area (Å²) in [5.41, 5.74) is 1.29. The van der Waals surface area contributed by atoms with Gasteiger partial charge in [0.2, 0.25) is 0 Å². The molecule has 0 amide bonds. The number of carboxylic acids is 1. The molecule has 0 unspecified atom stereocenters. The van der Waals surface area contributed by atoms with E-state index in [4.69, 9.17) is 4.74 Å². The molecule has 0 aromatic rings. The lowest BCUT2D eigenvalue weighted by molar-refractivity contribution is -0.181. The summed E-state index contributed by atoms with van der Waals surface area (Å²) >= 11 is 0. The zero-order valence-corrected chi connectivity index (χ0v) is 20.3. The van der Waals surface area contributed by atoms with Gasteiger partial charge >= 0.3 is 11.9 Å². The van der Waals surface area contributed by atoms with Crippen LogP contribution in [0.1, 0.15) is 98.8 Å². The quantitative estimate of drug-likeness (QED) is 0.405. The van der Waals surface area contributed by atoms with Gasteiger partial charge < -0.3 is 9.84 Å². The SMILES string of the molecule is C=C(C)[C@@H]1CC[C@@]2(C)[C@@H](CC[C@@H]3[C@@H]([C@]4(C)CCC(=O)O4)CC[C@@]32C)[C@@]1(C)CCC(=O)O. The van der Waals surface area contributed by atoms with Crippen molar-refractivity contribution in [1.29, 1.82) is 0 Å². The summed E-state index contributed by atoms with van der Waals surface area (Å²) in [7, 11) is 0. The van der Waals surface area contributed by atoms with E-state index in [-0.39, 0.29) is 34.2 Å². The van der Waals surface area contributed by atoms with Gasteiger partial charge in [0, 0.05) is 18.8 Å². The van der Waals surface area contributed by atoms with Crippen molar-refractivity contribution in [3.8, 4) is 0 Å². The molecule has 0 bridgehead atoms. The molecular weight excluding hydrogens is 388 g/mol. The van der Waals surface area contributed by atoms with E-state index in [9.17, 15) is 14.7 Å². The number of hydrogen-bond acceptors (Lipinski definition) is 3. The fraction of sp³-hybridized carbons (Fsp3) is 0.852. The van der Waals surface area contributed by atoms with E-state index in [1.807, 2.05) is 0 Å². The summed E-state index contributed by atoms with van der Waals surface area (Å²) in [6.07, 6.45) is 9.34.